The van der Waals surface area contributed by atoms with Crippen molar-refractivity contribution in [3.05, 3.63) is 41.7 Å². The average molecular weight is 428 g/mol. The van der Waals surface area contributed by atoms with Crippen molar-refractivity contribution in [2.45, 2.75) is 26.1 Å². The second-order valence-electron chi connectivity index (χ2n) is 7.87. The van der Waals surface area contributed by atoms with E-state index in [9.17, 15) is 9.59 Å². The number of carbonyl (C=O) groups excluding carboxylic acids is 2. The summed E-state index contributed by atoms with van der Waals surface area (Å²) in [6.45, 7) is 5.06. The molecule has 2 heterocycles. The summed E-state index contributed by atoms with van der Waals surface area (Å²) >= 11 is 0. The quantitative estimate of drug-likeness (QED) is 0.715. The second kappa shape index (κ2) is 9.84. The third kappa shape index (κ3) is 5.56. The number of anilines is 1. The Kier molecular flexibility index (Phi) is 7.19. The Bertz CT molecular complexity index is 947. The van der Waals surface area contributed by atoms with E-state index in [1.165, 1.54) is 0 Å². The van der Waals surface area contributed by atoms with Crippen molar-refractivity contribution >= 4 is 17.8 Å². The SMILES string of the molecule is CC(C)OCC(=O)N1CCOC(c2nc(N(C)C)ncc2-c2cccc(C(N)=O)c2)C1. The number of hydrogen-bond acceptors (Lipinski definition) is 7. The van der Waals surface area contributed by atoms with Crippen LogP contribution in [0.3, 0.4) is 0 Å². The van der Waals surface area contributed by atoms with Crippen molar-refractivity contribution in [1.82, 2.24) is 14.9 Å². The van der Waals surface area contributed by atoms with Gasteiger partial charge in [-0.15, -0.1) is 0 Å². The van der Waals surface area contributed by atoms with Gasteiger partial charge in [-0.25, -0.2) is 9.97 Å². The fraction of sp³-hybridized carbons (Fsp3) is 0.455. The molecular formula is C22H29N5O4. The molecule has 9 nitrogen and oxygen atoms in total. The van der Waals surface area contributed by atoms with Gasteiger partial charge in [0, 0.05) is 38.0 Å². The number of carbonyl (C=O) groups is 2. The van der Waals surface area contributed by atoms with E-state index in [0.29, 0.717) is 36.9 Å². The summed E-state index contributed by atoms with van der Waals surface area (Å²) in [5.41, 5.74) is 7.98. The molecular weight excluding hydrogens is 398 g/mol. The van der Waals surface area contributed by atoms with Crippen LogP contribution in [0.15, 0.2) is 30.5 Å². The first-order chi connectivity index (χ1) is 14.8. The molecule has 1 unspecified atom stereocenters. The maximum absolute atomic E-state index is 12.6. The van der Waals surface area contributed by atoms with E-state index in [2.05, 4.69) is 4.98 Å². The zero-order valence-electron chi connectivity index (χ0n) is 18.4. The minimum atomic E-state index is -0.509. The van der Waals surface area contributed by atoms with Gasteiger partial charge in [-0.1, -0.05) is 12.1 Å². The predicted octanol–water partition coefficient (Wildman–Crippen LogP) is 1.63. The predicted molar refractivity (Wildman–Crippen MR) is 117 cm³/mol. The standard InChI is InChI=1S/C22H29N5O4/c1-14(2)31-13-19(28)27-8-9-30-18(12-27)20-17(11-24-22(25-20)26(3)4)15-6-5-7-16(10-15)21(23)29/h5-7,10-11,14,18H,8-9,12-13H2,1-4H3,(H2,23,29). The van der Waals surface area contributed by atoms with Gasteiger partial charge in [-0.2, -0.15) is 0 Å². The summed E-state index contributed by atoms with van der Waals surface area (Å²) in [5.74, 6) is -0.0637. The van der Waals surface area contributed by atoms with Gasteiger partial charge in [0.05, 0.1) is 24.9 Å². The number of aromatic nitrogens is 2. The zero-order valence-corrected chi connectivity index (χ0v) is 18.4. The molecule has 0 saturated carbocycles. The van der Waals surface area contributed by atoms with Crippen LogP contribution in [0.1, 0.15) is 36.0 Å². The number of benzene rings is 1. The van der Waals surface area contributed by atoms with Crippen LogP contribution >= 0.6 is 0 Å². The molecule has 2 aromatic rings. The Morgan fingerprint density at radius 1 is 1.35 bits per heavy atom. The van der Waals surface area contributed by atoms with E-state index >= 15 is 0 Å². The molecule has 2 amide bonds. The molecule has 0 bridgehead atoms. The largest absolute Gasteiger partial charge is 0.369 e. The van der Waals surface area contributed by atoms with E-state index in [1.807, 2.05) is 34.0 Å². The van der Waals surface area contributed by atoms with E-state index < -0.39 is 12.0 Å². The second-order valence-corrected chi connectivity index (χ2v) is 7.87. The lowest BCUT2D eigenvalue weighted by molar-refractivity contribution is -0.145. The molecule has 1 aromatic heterocycles. The molecule has 1 aromatic carbocycles. The normalized spacial score (nSPS) is 16.4. The van der Waals surface area contributed by atoms with Gasteiger partial charge in [-0.05, 0) is 31.5 Å². The molecule has 2 N–H and O–H groups in total. The number of hydrogen-bond donors (Lipinski definition) is 1. The number of amides is 2. The summed E-state index contributed by atoms with van der Waals surface area (Å²) in [7, 11) is 3.71. The van der Waals surface area contributed by atoms with Crippen molar-refractivity contribution in [2.75, 3.05) is 45.3 Å². The number of rotatable bonds is 7. The van der Waals surface area contributed by atoms with Crippen LogP contribution in [0.2, 0.25) is 0 Å². The van der Waals surface area contributed by atoms with Gasteiger partial charge < -0.3 is 25.0 Å². The van der Waals surface area contributed by atoms with Crippen LogP contribution in [-0.2, 0) is 14.3 Å². The fourth-order valence-corrected chi connectivity index (χ4v) is 3.28. The Labute approximate surface area is 182 Å². The smallest absolute Gasteiger partial charge is 0.248 e. The van der Waals surface area contributed by atoms with Gasteiger partial charge in [0.25, 0.3) is 0 Å². The van der Waals surface area contributed by atoms with Crippen LogP contribution in [0.4, 0.5) is 5.95 Å². The molecule has 1 saturated heterocycles. The van der Waals surface area contributed by atoms with Crippen molar-refractivity contribution < 1.29 is 19.1 Å². The molecule has 1 atom stereocenters. The molecule has 3 rings (SSSR count). The Morgan fingerprint density at radius 2 is 2.13 bits per heavy atom. The number of primary amides is 1. The highest BCUT2D eigenvalue weighted by Crippen LogP contribution is 2.32. The lowest BCUT2D eigenvalue weighted by Crippen LogP contribution is -2.44. The van der Waals surface area contributed by atoms with Gasteiger partial charge in [0.1, 0.15) is 12.7 Å². The Balaban J connectivity index is 1.95. The van der Waals surface area contributed by atoms with Crippen LogP contribution in [0.5, 0.6) is 0 Å². The van der Waals surface area contributed by atoms with Crippen molar-refractivity contribution in [3.8, 4) is 11.1 Å². The Hall–Kier alpha value is -3.04. The third-order valence-corrected chi connectivity index (χ3v) is 4.93. The summed E-state index contributed by atoms with van der Waals surface area (Å²) in [6.07, 6.45) is 1.25. The Morgan fingerprint density at radius 3 is 2.81 bits per heavy atom. The first kappa shape index (κ1) is 22.6. The maximum Gasteiger partial charge on any atom is 0.248 e. The highest BCUT2D eigenvalue weighted by Gasteiger charge is 2.29. The minimum absolute atomic E-state index is 0.0190. The third-order valence-electron chi connectivity index (χ3n) is 4.93. The van der Waals surface area contributed by atoms with Crippen molar-refractivity contribution in [2.24, 2.45) is 5.73 Å². The molecule has 0 aliphatic carbocycles. The maximum atomic E-state index is 12.6. The van der Waals surface area contributed by atoms with Crippen LogP contribution in [0, 0.1) is 0 Å². The minimum Gasteiger partial charge on any atom is -0.369 e. The number of nitrogens with zero attached hydrogens (tertiary/aromatic N) is 4. The van der Waals surface area contributed by atoms with Gasteiger partial charge in [-0.3, -0.25) is 9.59 Å². The molecule has 1 aliphatic rings. The summed E-state index contributed by atoms with van der Waals surface area (Å²) < 4.78 is 11.5. The summed E-state index contributed by atoms with van der Waals surface area (Å²) in [6, 6.07) is 7.00. The lowest BCUT2D eigenvalue weighted by Gasteiger charge is -2.33. The van der Waals surface area contributed by atoms with Crippen LogP contribution in [-0.4, -0.2) is 73.2 Å². The highest BCUT2D eigenvalue weighted by atomic mass is 16.5. The topological polar surface area (TPSA) is 111 Å². The molecule has 166 valence electrons. The molecule has 0 radical (unpaired) electrons. The molecule has 31 heavy (non-hydrogen) atoms. The van der Waals surface area contributed by atoms with Crippen LogP contribution in [0.25, 0.3) is 11.1 Å². The van der Waals surface area contributed by atoms with Gasteiger partial charge in [0.15, 0.2) is 0 Å². The number of morpholine rings is 1. The van der Waals surface area contributed by atoms with Crippen molar-refractivity contribution in [3.63, 3.8) is 0 Å². The fourth-order valence-electron chi connectivity index (χ4n) is 3.28. The monoisotopic (exact) mass is 427 g/mol. The van der Waals surface area contributed by atoms with Crippen LogP contribution < -0.4 is 10.6 Å². The number of ether oxygens (including phenoxy) is 2. The molecule has 9 heteroatoms. The van der Waals surface area contributed by atoms with Crippen molar-refractivity contribution in [1.29, 1.82) is 0 Å². The first-order valence-corrected chi connectivity index (χ1v) is 10.2. The average Bonchev–Trinajstić information content (AvgIpc) is 2.77. The molecule has 1 aliphatic heterocycles. The van der Waals surface area contributed by atoms with Gasteiger partial charge >= 0.3 is 0 Å². The highest BCUT2D eigenvalue weighted by molar-refractivity contribution is 5.94. The first-order valence-electron chi connectivity index (χ1n) is 10.2. The number of nitrogens with two attached hydrogens (primary N) is 1. The van der Waals surface area contributed by atoms with Gasteiger partial charge in [0.2, 0.25) is 17.8 Å². The van der Waals surface area contributed by atoms with E-state index in [1.54, 1.807) is 34.2 Å². The summed E-state index contributed by atoms with van der Waals surface area (Å²) in [4.78, 5) is 36.9. The lowest BCUT2D eigenvalue weighted by atomic mass is 9.99. The summed E-state index contributed by atoms with van der Waals surface area (Å²) in [5, 5.41) is 0. The molecule has 0 spiro atoms. The zero-order chi connectivity index (χ0) is 22.5. The van der Waals surface area contributed by atoms with E-state index in [-0.39, 0.29) is 18.6 Å². The molecule has 1 fully saturated rings. The van der Waals surface area contributed by atoms with E-state index in [0.717, 1.165) is 11.1 Å². The van der Waals surface area contributed by atoms with E-state index in [4.69, 9.17) is 20.2 Å².